The van der Waals surface area contributed by atoms with E-state index in [1.165, 1.54) is 6.26 Å². The fourth-order valence-corrected chi connectivity index (χ4v) is 2.78. The Labute approximate surface area is 127 Å². The van der Waals surface area contributed by atoms with Gasteiger partial charge in [-0.1, -0.05) is 0 Å². The van der Waals surface area contributed by atoms with Gasteiger partial charge >= 0.3 is 0 Å². The minimum absolute atomic E-state index is 0.129. The quantitative estimate of drug-likeness (QED) is 0.643. The summed E-state index contributed by atoms with van der Waals surface area (Å²) in [6.07, 6.45) is 1.25. The number of rotatable bonds is 9. The van der Waals surface area contributed by atoms with Crippen LogP contribution in [0.3, 0.4) is 0 Å². The Morgan fingerprint density at radius 1 is 1.43 bits per heavy atom. The van der Waals surface area contributed by atoms with Gasteiger partial charge < -0.3 is 15.0 Å². The van der Waals surface area contributed by atoms with E-state index in [-0.39, 0.29) is 5.75 Å². The van der Waals surface area contributed by atoms with E-state index in [1.807, 2.05) is 25.9 Å². The normalized spacial score (nSPS) is 11.9. The third-order valence-electron chi connectivity index (χ3n) is 3.26. The molecule has 0 aliphatic rings. The van der Waals surface area contributed by atoms with Crippen LogP contribution in [0, 0.1) is 6.92 Å². The van der Waals surface area contributed by atoms with Gasteiger partial charge in [0.25, 0.3) is 0 Å². The maximum Gasteiger partial charge on any atom is 0.149 e. The monoisotopic (exact) mass is 318 g/mol. The number of nitrogens with zero attached hydrogens (tertiary/aromatic N) is 3. The third kappa shape index (κ3) is 5.64. The molecule has 0 amide bonds. The third-order valence-corrected chi connectivity index (χ3v) is 4.18. The van der Waals surface area contributed by atoms with Gasteiger partial charge in [0.05, 0.1) is 18.1 Å². The first-order valence-corrected chi connectivity index (χ1v) is 8.93. The first kappa shape index (κ1) is 17.9. The van der Waals surface area contributed by atoms with Crippen molar-refractivity contribution < 1.29 is 13.2 Å². The van der Waals surface area contributed by atoms with E-state index in [2.05, 4.69) is 10.4 Å². The number of ether oxygens (including phenoxy) is 1. The van der Waals surface area contributed by atoms with E-state index < -0.39 is 9.84 Å². The van der Waals surface area contributed by atoms with E-state index in [0.717, 1.165) is 23.6 Å². The molecular formula is C13H26N4O3S. The Kier molecular flexibility index (Phi) is 6.63. The standard InChI is InChI=1S/C13H26N4O3S/c1-11-12(10-14-6-8-20-4)13(17(3)15-11)16(2)7-9-21(5,18)19/h14H,6-10H2,1-5H3. The molecule has 0 fully saturated rings. The van der Waals surface area contributed by atoms with Crippen LogP contribution in [0.15, 0.2) is 0 Å². The first-order valence-electron chi connectivity index (χ1n) is 6.87. The van der Waals surface area contributed by atoms with Gasteiger partial charge in [-0.2, -0.15) is 5.10 Å². The molecule has 0 aliphatic carbocycles. The Bertz CT molecular complexity index is 554. The summed E-state index contributed by atoms with van der Waals surface area (Å²) in [7, 11) is 2.46. The summed E-state index contributed by atoms with van der Waals surface area (Å²) in [6.45, 7) is 4.50. The number of methoxy groups -OCH3 is 1. The predicted molar refractivity (Wildman–Crippen MR) is 84.5 cm³/mol. The average Bonchev–Trinajstić information content (AvgIpc) is 2.66. The molecule has 8 heteroatoms. The van der Waals surface area contributed by atoms with E-state index >= 15 is 0 Å². The molecule has 1 aromatic heterocycles. The zero-order valence-electron chi connectivity index (χ0n) is 13.5. The maximum absolute atomic E-state index is 11.3. The molecule has 0 bridgehead atoms. The van der Waals surface area contributed by atoms with E-state index in [1.54, 1.807) is 11.8 Å². The van der Waals surface area contributed by atoms with E-state index in [0.29, 0.717) is 19.7 Å². The molecule has 7 nitrogen and oxygen atoms in total. The topological polar surface area (TPSA) is 76.5 Å². The van der Waals surface area contributed by atoms with Gasteiger partial charge in [-0.25, -0.2) is 8.42 Å². The highest BCUT2D eigenvalue weighted by atomic mass is 32.2. The summed E-state index contributed by atoms with van der Waals surface area (Å²) in [4.78, 5) is 1.94. The number of hydrogen-bond acceptors (Lipinski definition) is 6. The predicted octanol–water partition coefficient (Wildman–Crippen LogP) is -0.0547. The molecular weight excluding hydrogens is 292 g/mol. The molecule has 1 rings (SSSR count). The second-order valence-corrected chi connectivity index (χ2v) is 7.49. The van der Waals surface area contributed by atoms with Crippen LogP contribution in [0.2, 0.25) is 0 Å². The van der Waals surface area contributed by atoms with E-state index in [4.69, 9.17) is 4.74 Å². The Balaban J connectivity index is 2.80. The summed E-state index contributed by atoms with van der Waals surface area (Å²) in [5.41, 5.74) is 2.04. The molecule has 0 saturated carbocycles. The Morgan fingerprint density at radius 2 is 2.10 bits per heavy atom. The second-order valence-electron chi connectivity index (χ2n) is 5.23. The maximum atomic E-state index is 11.3. The number of nitrogens with one attached hydrogen (secondary N) is 1. The lowest BCUT2D eigenvalue weighted by Gasteiger charge is -2.21. The number of aryl methyl sites for hydroxylation is 2. The fraction of sp³-hybridized carbons (Fsp3) is 0.769. The largest absolute Gasteiger partial charge is 0.383 e. The van der Waals surface area contributed by atoms with Crippen molar-refractivity contribution in [3.05, 3.63) is 11.3 Å². The van der Waals surface area contributed by atoms with E-state index in [9.17, 15) is 8.42 Å². The molecule has 0 spiro atoms. The summed E-state index contributed by atoms with van der Waals surface area (Å²) in [5.74, 6) is 1.07. The number of hydrogen-bond donors (Lipinski definition) is 1. The van der Waals surface area contributed by atoms with Crippen molar-refractivity contribution in [3.63, 3.8) is 0 Å². The van der Waals surface area contributed by atoms with Gasteiger partial charge in [0.1, 0.15) is 15.7 Å². The molecule has 1 N–H and O–H groups in total. The van der Waals surface area contributed by atoms with Crippen molar-refractivity contribution in [1.29, 1.82) is 0 Å². The first-order chi connectivity index (χ1) is 9.76. The Morgan fingerprint density at radius 3 is 2.67 bits per heavy atom. The van der Waals surface area contributed by atoms with Crippen molar-refractivity contribution in [2.24, 2.45) is 7.05 Å². The summed E-state index contributed by atoms with van der Waals surface area (Å²) < 4.78 is 29.4. The summed E-state index contributed by atoms with van der Waals surface area (Å²) in [6, 6.07) is 0. The van der Waals surface area contributed by atoms with Crippen LogP contribution in [-0.2, 0) is 28.2 Å². The van der Waals surface area contributed by atoms with Crippen molar-refractivity contribution >= 4 is 15.7 Å². The molecule has 0 atom stereocenters. The Hall–Kier alpha value is -1.12. The number of aromatic nitrogens is 2. The van der Waals surface area contributed by atoms with Crippen molar-refractivity contribution in [2.45, 2.75) is 13.5 Å². The van der Waals surface area contributed by atoms with Gasteiger partial charge in [-0.15, -0.1) is 0 Å². The van der Waals surface area contributed by atoms with Crippen molar-refractivity contribution in [2.75, 3.05) is 50.8 Å². The van der Waals surface area contributed by atoms with Gasteiger partial charge in [-0.05, 0) is 6.92 Å². The van der Waals surface area contributed by atoms with Crippen LogP contribution in [0.1, 0.15) is 11.3 Å². The molecule has 0 aliphatic heterocycles. The molecule has 1 aromatic rings. The van der Waals surface area contributed by atoms with Crippen LogP contribution in [0.25, 0.3) is 0 Å². The number of sulfone groups is 1. The molecule has 122 valence electrons. The SMILES string of the molecule is COCCNCc1c(C)nn(C)c1N(C)CCS(C)(=O)=O. The van der Waals surface area contributed by atoms with Crippen LogP contribution in [-0.4, -0.2) is 64.1 Å². The van der Waals surface area contributed by atoms with Crippen LogP contribution in [0.5, 0.6) is 0 Å². The average molecular weight is 318 g/mol. The molecule has 21 heavy (non-hydrogen) atoms. The van der Waals surface area contributed by atoms with Gasteiger partial charge in [0.2, 0.25) is 0 Å². The van der Waals surface area contributed by atoms with Crippen LogP contribution >= 0.6 is 0 Å². The fourth-order valence-electron chi connectivity index (χ4n) is 2.17. The molecule has 0 radical (unpaired) electrons. The second kappa shape index (κ2) is 7.77. The summed E-state index contributed by atoms with van der Waals surface area (Å²) in [5, 5.41) is 7.73. The number of anilines is 1. The molecule has 0 saturated heterocycles. The molecule has 1 heterocycles. The lowest BCUT2D eigenvalue weighted by Crippen LogP contribution is -2.28. The zero-order chi connectivity index (χ0) is 16.0. The molecule has 0 aromatic carbocycles. The van der Waals surface area contributed by atoms with Crippen LogP contribution in [0.4, 0.5) is 5.82 Å². The molecule has 0 unspecified atom stereocenters. The smallest absolute Gasteiger partial charge is 0.149 e. The van der Waals surface area contributed by atoms with Crippen molar-refractivity contribution in [3.8, 4) is 0 Å². The van der Waals surface area contributed by atoms with Gasteiger partial charge in [0.15, 0.2) is 0 Å². The van der Waals surface area contributed by atoms with Crippen molar-refractivity contribution in [1.82, 2.24) is 15.1 Å². The van der Waals surface area contributed by atoms with Crippen LogP contribution < -0.4 is 10.2 Å². The lowest BCUT2D eigenvalue weighted by atomic mass is 10.2. The minimum atomic E-state index is -2.97. The summed E-state index contributed by atoms with van der Waals surface area (Å²) >= 11 is 0. The highest BCUT2D eigenvalue weighted by molar-refractivity contribution is 7.90. The highest BCUT2D eigenvalue weighted by Gasteiger charge is 2.17. The minimum Gasteiger partial charge on any atom is -0.383 e. The zero-order valence-corrected chi connectivity index (χ0v) is 14.3. The van der Waals surface area contributed by atoms with Gasteiger partial charge in [-0.3, -0.25) is 4.68 Å². The highest BCUT2D eigenvalue weighted by Crippen LogP contribution is 2.22. The lowest BCUT2D eigenvalue weighted by molar-refractivity contribution is 0.199. The van der Waals surface area contributed by atoms with Gasteiger partial charge in [0, 0.05) is 52.7 Å².